The van der Waals surface area contributed by atoms with Gasteiger partial charge in [0.15, 0.2) is 0 Å². The van der Waals surface area contributed by atoms with Crippen LogP contribution in [-0.2, 0) is 6.54 Å². The monoisotopic (exact) mass is 391 g/mol. The van der Waals surface area contributed by atoms with Gasteiger partial charge in [-0.2, -0.15) is 0 Å². The summed E-state index contributed by atoms with van der Waals surface area (Å²) in [6.45, 7) is 7.83. The molecule has 2 aromatic carbocycles. The highest BCUT2D eigenvalue weighted by Crippen LogP contribution is 2.31. The van der Waals surface area contributed by atoms with Gasteiger partial charge in [-0.3, -0.25) is 0 Å². The molecule has 0 bridgehead atoms. The molecule has 3 aromatic rings. The summed E-state index contributed by atoms with van der Waals surface area (Å²) in [5, 5.41) is 2.84. The molecular formula is C28H41N. The number of hydrogen-bond donors (Lipinski definition) is 0. The number of aryl methyl sites for hydroxylation is 3. The van der Waals surface area contributed by atoms with Crippen LogP contribution in [0.3, 0.4) is 0 Å². The summed E-state index contributed by atoms with van der Waals surface area (Å²) < 4.78 is 2.56. The number of benzene rings is 2. The van der Waals surface area contributed by atoms with Crippen LogP contribution in [0.25, 0.3) is 21.8 Å². The van der Waals surface area contributed by atoms with E-state index in [-0.39, 0.29) is 0 Å². The molecule has 0 atom stereocenters. The Morgan fingerprint density at radius 2 is 0.966 bits per heavy atom. The van der Waals surface area contributed by atoms with Crippen molar-refractivity contribution >= 4 is 21.8 Å². The summed E-state index contributed by atoms with van der Waals surface area (Å²) in [4.78, 5) is 0. The van der Waals surface area contributed by atoms with Gasteiger partial charge in [-0.15, -0.1) is 0 Å². The van der Waals surface area contributed by atoms with Gasteiger partial charge in [0.1, 0.15) is 0 Å². The van der Waals surface area contributed by atoms with E-state index in [1.54, 1.807) is 0 Å². The molecule has 0 radical (unpaired) electrons. The zero-order valence-corrected chi connectivity index (χ0v) is 19.1. The Morgan fingerprint density at radius 3 is 1.41 bits per heavy atom. The lowest BCUT2D eigenvalue weighted by Gasteiger charge is -2.08. The Balaban J connectivity index is 1.44. The first kappa shape index (κ1) is 21.9. The normalized spacial score (nSPS) is 11.7. The number of unbranched alkanes of at least 4 members (excludes halogenated alkanes) is 11. The summed E-state index contributed by atoms with van der Waals surface area (Å²) in [6, 6.07) is 13.9. The Hall–Kier alpha value is -1.76. The number of rotatable bonds is 13. The van der Waals surface area contributed by atoms with Crippen molar-refractivity contribution in [3.63, 3.8) is 0 Å². The van der Waals surface area contributed by atoms with Crippen molar-refractivity contribution in [2.24, 2.45) is 0 Å². The lowest BCUT2D eigenvalue weighted by Crippen LogP contribution is -1.97. The van der Waals surface area contributed by atoms with E-state index in [0.717, 1.165) is 6.54 Å². The first-order valence-electron chi connectivity index (χ1n) is 12.2. The summed E-state index contributed by atoms with van der Waals surface area (Å²) in [5.41, 5.74) is 5.50. The van der Waals surface area contributed by atoms with Crippen molar-refractivity contribution in [2.45, 2.75) is 104 Å². The van der Waals surface area contributed by atoms with Crippen molar-refractivity contribution < 1.29 is 0 Å². The molecule has 0 saturated carbocycles. The Morgan fingerprint density at radius 1 is 0.552 bits per heavy atom. The molecule has 0 amide bonds. The number of nitrogens with zero attached hydrogens (tertiary/aromatic N) is 1. The molecule has 0 aliphatic heterocycles. The standard InChI is InChI=1S/C28H41N/c1-4-5-6-7-8-9-10-11-12-13-14-15-20-29-27-18-16-23(2)21-25(27)26-22-24(3)17-19-28(26)29/h16-19,21-22H,4-15,20H2,1-3H3. The highest BCUT2D eigenvalue weighted by Gasteiger charge is 2.10. The molecule has 0 aliphatic carbocycles. The number of hydrogen-bond acceptors (Lipinski definition) is 0. The van der Waals surface area contributed by atoms with Gasteiger partial charge in [-0.05, 0) is 44.5 Å². The largest absolute Gasteiger partial charge is 0.340 e. The van der Waals surface area contributed by atoms with Crippen LogP contribution in [0, 0.1) is 13.8 Å². The van der Waals surface area contributed by atoms with Crippen LogP contribution >= 0.6 is 0 Å². The van der Waals surface area contributed by atoms with E-state index in [1.807, 2.05) is 0 Å². The van der Waals surface area contributed by atoms with Crippen molar-refractivity contribution in [3.8, 4) is 0 Å². The van der Waals surface area contributed by atoms with Crippen LogP contribution in [0.15, 0.2) is 36.4 Å². The van der Waals surface area contributed by atoms with Crippen LogP contribution in [0.4, 0.5) is 0 Å². The molecule has 1 nitrogen and oxygen atoms in total. The molecule has 1 heterocycles. The predicted molar refractivity (Wildman–Crippen MR) is 130 cm³/mol. The number of fused-ring (bicyclic) bond motifs is 3. The highest BCUT2D eigenvalue weighted by atomic mass is 15.0. The van der Waals surface area contributed by atoms with E-state index in [0.29, 0.717) is 0 Å². The minimum atomic E-state index is 1.14. The minimum Gasteiger partial charge on any atom is -0.340 e. The summed E-state index contributed by atoms with van der Waals surface area (Å²) in [5.74, 6) is 0. The third kappa shape index (κ3) is 6.11. The molecule has 0 aliphatic rings. The lowest BCUT2D eigenvalue weighted by molar-refractivity contribution is 0.533. The quantitative estimate of drug-likeness (QED) is 0.256. The molecule has 29 heavy (non-hydrogen) atoms. The minimum absolute atomic E-state index is 1.14. The molecule has 0 fully saturated rings. The third-order valence-electron chi connectivity index (χ3n) is 6.41. The molecule has 1 heteroatoms. The topological polar surface area (TPSA) is 4.93 Å². The predicted octanol–water partition coefficient (Wildman–Crippen LogP) is 9.11. The summed E-state index contributed by atoms with van der Waals surface area (Å²) >= 11 is 0. The zero-order valence-electron chi connectivity index (χ0n) is 19.1. The maximum absolute atomic E-state index is 2.56. The number of aromatic nitrogens is 1. The molecule has 158 valence electrons. The molecule has 0 spiro atoms. The Labute approximate surface area is 178 Å². The second-order valence-electron chi connectivity index (χ2n) is 9.08. The molecular weight excluding hydrogens is 350 g/mol. The maximum Gasteiger partial charge on any atom is 0.0491 e. The maximum atomic E-state index is 2.56. The van der Waals surface area contributed by atoms with Gasteiger partial charge in [0.2, 0.25) is 0 Å². The van der Waals surface area contributed by atoms with Crippen molar-refractivity contribution in [1.82, 2.24) is 4.57 Å². The van der Waals surface area contributed by atoms with E-state index < -0.39 is 0 Å². The van der Waals surface area contributed by atoms with Gasteiger partial charge >= 0.3 is 0 Å². The van der Waals surface area contributed by atoms with Gasteiger partial charge in [0.05, 0.1) is 0 Å². The van der Waals surface area contributed by atoms with E-state index in [2.05, 4.69) is 61.7 Å². The first-order chi connectivity index (χ1) is 14.2. The van der Waals surface area contributed by atoms with Crippen LogP contribution in [0.5, 0.6) is 0 Å². The fourth-order valence-corrected chi connectivity index (χ4v) is 4.68. The average Bonchev–Trinajstić information content (AvgIpc) is 3.01. The molecule has 0 saturated heterocycles. The second-order valence-corrected chi connectivity index (χ2v) is 9.08. The lowest BCUT2D eigenvalue weighted by atomic mass is 10.1. The highest BCUT2D eigenvalue weighted by molar-refractivity contribution is 6.08. The van der Waals surface area contributed by atoms with Crippen LogP contribution in [-0.4, -0.2) is 4.57 Å². The van der Waals surface area contributed by atoms with E-state index in [4.69, 9.17) is 0 Å². The van der Waals surface area contributed by atoms with Gasteiger partial charge in [-0.1, -0.05) is 101 Å². The van der Waals surface area contributed by atoms with Crippen molar-refractivity contribution in [2.75, 3.05) is 0 Å². The SMILES string of the molecule is CCCCCCCCCCCCCCn1c2ccc(C)cc2c2cc(C)ccc21. The van der Waals surface area contributed by atoms with Gasteiger partial charge in [-0.25, -0.2) is 0 Å². The van der Waals surface area contributed by atoms with E-state index >= 15 is 0 Å². The Kier molecular flexibility index (Phi) is 8.65. The van der Waals surface area contributed by atoms with Crippen LogP contribution in [0.1, 0.15) is 95.1 Å². The van der Waals surface area contributed by atoms with Gasteiger partial charge in [0.25, 0.3) is 0 Å². The molecule has 3 rings (SSSR count). The first-order valence-corrected chi connectivity index (χ1v) is 12.2. The van der Waals surface area contributed by atoms with Crippen LogP contribution in [0.2, 0.25) is 0 Å². The van der Waals surface area contributed by atoms with Crippen molar-refractivity contribution in [1.29, 1.82) is 0 Å². The van der Waals surface area contributed by atoms with Gasteiger partial charge < -0.3 is 4.57 Å². The fraction of sp³-hybridized carbons (Fsp3) is 0.571. The van der Waals surface area contributed by atoms with E-state index in [9.17, 15) is 0 Å². The van der Waals surface area contributed by atoms with Crippen LogP contribution < -0.4 is 0 Å². The fourth-order valence-electron chi connectivity index (χ4n) is 4.68. The zero-order chi connectivity index (χ0) is 20.5. The molecule has 0 unspecified atom stereocenters. The third-order valence-corrected chi connectivity index (χ3v) is 6.41. The smallest absolute Gasteiger partial charge is 0.0491 e. The van der Waals surface area contributed by atoms with Gasteiger partial charge in [0, 0.05) is 28.4 Å². The second kappa shape index (κ2) is 11.4. The van der Waals surface area contributed by atoms with Crippen molar-refractivity contribution in [3.05, 3.63) is 47.5 Å². The summed E-state index contributed by atoms with van der Waals surface area (Å²) in [6.07, 6.45) is 16.9. The van der Waals surface area contributed by atoms with E-state index in [1.165, 1.54) is 110 Å². The molecule has 1 aromatic heterocycles. The summed E-state index contributed by atoms with van der Waals surface area (Å²) in [7, 11) is 0. The Bertz CT molecular complexity index is 827. The average molecular weight is 392 g/mol. The molecule has 0 N–H and O–H groups in total.